The number of hydrogen-bond acceptors (Lipinski definition) is 3. The molecule has 0 aliphatic heterocycles. The molecule has 0 aliphatic carbocycles. The lowest BCUT2D eigenvalue weighted by Gasteiger charge is -2.01. The van der Waals surface area contributed by atoms with Crippen LogP contribution in [0.25, 0.3) is 6.08 Å². The van der Waals surface area contributed by atoms with Crippen LogP contribution in [0.2, 0.25) is 0 Å². The molecule has 0 unspecified atom stereocenters. The molecule has 0 spiro atoms. The van der Waals surface area contributed by atoms with Crippen molar-refractivity contribution in [1.82, 2.24) is 9.78 Å². The minimum atomic E-state index is 0.553. The molecule has 0 bridgehead atoms. The summed E-state index contributed by atoms with van der Waals surface area (Å²) in [5.41, 5.74) is 8.61. The number of ether oxygens (including phenoxy) is 1. The van der Waals surface area contributed by atoms with E-state index in [4.69, 9.17) is 10.5 Å². The Bertz CT molecular complexity index is 352. The van der Waals surface area contributed by atoms with Crippen molar-refractivity contribution in [3.63, 3.8) is 0 Å². The average molecular weight is 195 g/mol. The van der Waals surface area contributed by atoms with Gasteiger partial charge in [-0.2, -0.15) is 5.10 Å². The third-order valence-corrected chi connectivity index (χ3v) is 2.12. The molecule has 4 nitrogen and oxygen atoms in total. The van der Waals surface area contributed by atoms with Crippen LogP contribution in [0.3, 0.4) is 0 Å². The lowest BCUT2D eigenvalue weighted by Crippen LogP contribution is -2.00. The van der Waals surface area contributed by atoms with Crippen LogP contribution >= 0.6 is 0 Å². The molecule has 0 aliphatic rings. The van der Waals surface area contributed by atoms with Gasteiger partial charge in [0, 0.05) is 13.6 Å². The Kier molecular flexibility index (Phi) is 3.30. The van der Waals surface area contributed by atoms with E-state index in [1.807, 2.05) is 27.0 Å². The number of rotatable bonds is 3. The van der Waals surface area contributed by atoms with Crippen LogP contribution in [-0.4, -0.2) is 23.4 Å². The van der Waals surface area contributed by atoms with E-state index in [1.54, 1.807) is 11.8 Å². The summed E-state index contributed by atoms with van der Waals surface area (Å²) in [4.78, 5) is 0. The summed E-state index contributed by atoms with van der Waals surface area (Å²) in [6.07, 6.45) is 2.02. The second kappa shape index (κ2) is 4.28. The van der Waals surface area contributed by atoms with Crippen molar-refractivity contribution in [2.24, 2.45) is 12.8 Å². The van der Waals surface area contributed by atoms with Crippen LogP contribution in [0.15, 0.2) is 5.57 Å². The lowest BCUT2D eigenvalue weighted by atomic mass is 10.1. The Morgan fingerprint density at radius 2 is 2.29 bits per heavy atom. The summed E-state index contributed by atoms with van der Waals surface area (Å²) < 4.78 is 6.98. The molecule has 0 saturated carbocycles. The third kappa shape index (κ3) is 1.96. The van der Waals surface area contributed by atoms with Crippen molar-refractivity contribution in [3.8, 4) is 5.88 Å². The van der Waals surface area contributed by atoms with Gasteiger partial charge in [0.25, 0.3) is 0 Å². The molecule has 1 rings (SSSR count). The van der Waals surface area contributed by atoms with Gasteiger partial charge >= 0.3 is 0 Å². The quantitative estimate of drug-likeness (QED) is 0.785. The largest absolute Gasteiger partial charge is 0.481 e. The predicted molar refractivity (Wildman–Crippen MR) is 57.2 cm³/mol. The van der Waals surface area contributed by atoms with E-state index in [2.05, 4.69) is 5.10 Å². The summed E-state index contributed by atoms with van der Waals surface area (Å²) >= 11 is 0. The zero-order chi connectivity index (χ0) is 10.7. The maximum atomic E-state index is 5.53. The molecule has 2 N–H and O–H groups in total. The van der Waals surface area contributed by atoms with Gasteiger partial charge < -0.3 is 10.5 Å². The van der Waals surface area contributed by atoms with Gasteiger partial charge in [-0.25, -0.2) is 4.68 Å². The van der Waals surface area contributed by atoms with Crippen molar-refractivity contribution in [3.05, 3.63) is 16.8 Å². The van der Waals surface area contributed by atoms with Crippen LogP contribution in [-0.2, 0) is 7.05 Å². The molecule has 1 aromatic heterocycles. The molecule has 78 valence electrons. The lowest BCUT2D eigenvalue weighted by molar-refractivity contribution is 0.372. The summed E-state index contributed by atoms with van der Waals surface area (Å²) in [6.45, 7) is 4.50. The Balaban J connectivity index is 3.18. The first kappa shape index (κ1) is 10.8. The van der Waals surface area contributed by atoms with Gasteiger partial charge in [-0.1, -0.05) is 5.57 Å². The smallest absolute Gasteiger partial charge is 0.218 e. The van der Waals surface area contributed by atoms with Crippen LogP contribution < -0.4 is 10.5 Å². The van der Waals surface area contributed by atoms with Crippen molar-refractivity contribution in [2.45, 2.75) is 13.8 Å². The molecule has 0 aromatic carbocycles. The third-order valence-electron chi connectivity index (χ3n) is 2.12. The number of methoxy groups -OCH3 is 1. The van der Waals surface area contributed by atoms with Crippen LogP contribution in [0.5, 0.6) is 5.88 Å². The molecular weight excluding hydrogens is 178 g/mol. The molecule has 1 heterocycles. The number of nitrogens with two attached hydrogens (primary N) is 1. The first-order valence-corrected chi connectivity index (χ1v) is 4.55. The Labute approximate surface area is 84.4 Å². The van der Waals surface area contributed by atoms with Gasteiger partial charge in [0.1, 0.15) is 0 Å². The summed E-state index contributed by atoms with van der Waals surface area (Å²) in [5.74, 6) is 0.773. The Hall–Kier alpha value is -1.29. The fourth-order valence-electron chi connectivity index (χ4n) is 1.37. The van der Waals surface area contributed by atoms with E-state index in [-0.39, 0.29) is 0 Å². The number of aryl methyl sites for hydroxylation is 2. The highest BCUT2D eigenvalue weighted by molar-refractivity contribution is 5.60. The zero-order valence-electron chi connectivity index (χ0n) is 9.16. The first-order chi connectivity index (χ1) is 6.60. The predicted octanol–water partition coefficient (Wildman–Crippen LogP) is 1.10. The summed E-state index contributed by atoms with van der Waals surface area (Å²) in [6, 6.07) is 0. The van der Waals surface area contributed by atoms with Gasteiger partial charge in [0.2, 0.25) is 5.88 Å². The number of hydrogen-bond donors (Lipinski definition) is 1. The molecule has 0 fully saturated rings. The number of aromatic nitrogens is 2. The monoisotopic (exact) mass is 195 g/mol. The van der Waals surface area contributed by atoms with Crippen LogP contribution in [0, 0.1) is 6.92 Å². The van der Waals surface area contributed by atoms with E-state index in [1.165, 1.54) is 0 Å². The van der Waals surface area contributed by atoms with E-state index >= 15 is 0 Å². The molecule has 0 saturated heterocycles. The summed E-state index contributed by atoms with van der Waals surface area (Å²) in [7, 11) is 3.51. The van der Waals surface area contributed by atoms with Gasteiger partial charge in [-0.3, -0.25) is 0 Å². The minimum absolute atomic E-state index is 0.553. The highest BCUT2D eigenvalue weighted by atomic mass is 16.5. The standard InChI is InChI=1S/C10H17N3O/c1-7(6-11)5-9-8(2)12-13(3)10(9)14-4/h5H,6,11H2,1-4H3/b7-5-. The zero-order valence-corrected chi connectivity index (χ0v) is 9.16. The normalized spacial score (nSPS) is 11.9. The van der Waals surface area contributed by atoms with E-state index in [9.17, 15) is 0 Å². The molecule has 4 heteroatoms. The number of nitrogens with zero attached hydrogens (tertiary/aromatic N) is 2. The van der Waals surface area contributed by atoms with Crippen LogP contribution in [0.1, 0.15) is 18.2 Å². The van der Waals surface area contributed by atoms with Gasteiger partial charge in [0.15, 0.2) is 0 Å². The van der Waals surface area contributed by atoms with Crippen molar-refractivity contribution >= 4 is 6.08 Å². The topological polar surface area (TPSA) is 53.1 Å². The molecule has 1 aromatic rings. The van der Waals surface area contributed by atoms with Gasteiger partial charge in [-0.15, -0.1) is 0 Å². The molecular formula is C10H17N3O. The maximum absolute atomic E-state index is 5.53. The second-order valence-corrected chi connectivity index (χ2v) is 3.33. The van der Waals surface area contributed by atoms with Crippen molar-refractivity contribution in [1.29, 1.82) is 0 Å². The molecule has 0 amide bonds. The van der Waals surface area contributed by atoms with Gasteiger partial charge in [-0.05, 0) is 19.9 Å². The van der Waals surface area contributed by atoms with E-state index in [0.717, 1.165) is 22.7 Å². The van der Waals surface area contributed by atoms with E-state index < -0.39 is 0 Å². The Morgan fingerprint density at radius 3 is 2.79 bits per heavy atom. The summed E-state index contributed by atoms with van der Waals surface area (Å²) in [5, 5.41) is 4.28. The molecule has 14 heavy (non-hydrogen) atoms. The van der Waals surface area contributed by atoms with Crippen molar-refractivity contribution in [2.75, 3.05) is 13.7 Å². The fraction of sp³-hybridized carbons (Fsp3) is 0.500. The minimum Gasteiger partial charge on any atom is -0.481 e. The van der Waals surface area contributed by atoms with E-state index in [0.29, 0.717) is 6.54 Å². The molecule has 0 atom stereocenters. The van der Waals surface area contributed by atoms with Crippen molar-refractivity contribution < 1.29 is 4.74 Å². The molecule has 0 radical (unpaired) electrons. The van der Waals surface area contributed by atoms with Crippen LogP contribution in [0.4, 0.5) is 0 Å². The maximum Gasteiger partial charge on any atom is 0.218 e. The highest BCUT2D eigenvalue weighted by Gasteiger charge is 2.10. The first-order valence-electron chi connectivity index (χ1n) is 4.55. The SMILES string of the molecule is COc1c(/C=C(/C)CN)c(C)nn1C. The second-order valence-electron chi connectivity index (χ2n) is 3.33. The average Bonchev–Trinajstić information content (AvgIpc) is 2.41. The highest BCUT2D eigenvalue weighted by Crippen LogP contribution is 2.23. The fourth-order valence-corrected chi connectivity index (χ4v) is 1.37. The van der Waals surface area contributed by atoms with Gasteiger partial charge in [0.05, 0.1) is 18.4 Å². The Morgan fingerprint density at radius 1 is 1.64 bits per heavy atom.